The summed E-state index contributed by atoms with van der Waals surface area (Å²) in [6.45, 7) is 0.924. The summed E-state index contributed by atoms with van der Waals surface area (Å²) in [4.78, 5) is 0. The van der Waals surface area contributed by atoms with Crippen molar-refractivity contribution in [3.63, 3.8) is 0 Å². The first-order valence-corrected chi connectivity index (χ1v) is 7.65. The fraction of sp³-hybridized carbons (Fsp3) is 0.571. The van der Waals surface area contributed by atoms with Crippen LogP contribution in [0.1, 0.15) is 37.4 Å². The molecule has 0 aliphatic heterocycles. The number of hydrogen-bond acceptors (Lipinski definition) is 1. The van der Waals surface area contributed by atoms with E-state index in [1.807, 2.05) is 0 Å². The summed E-state index contributed by atoms with van der Waals surface area (Å²) in [5.41, 5.74) is 1.31. The summed E-state index contributed by atoms with van der Waals surface area (Å²) < 4.78 is 7.01. The van der Waals surface area contributed by atoms with Crippen LogP contribution in [0.2, 0.25) is 0 Å². The van der Waals surface area contributed by atoms with Crippen molar-refractivity contribution in [2.75, 3.05) is 11.0 Å². The highest BCUT2D eigenvalue weighted by atomic mass is 127. The van der Waals surface area contributed by atoms with E-state index in [-0.39, 0.29) is 6.10 Å². The van der Waals surface area contributed by atoms with Crippen LogP contribution >= 0.6 is 22.6 Å². The molecule has 1 fully saturated rings. The van der Waals surface area contributed by atoms with E-state index in [2.05, 4.69) is 52.9 Å². The van der Waals surface area contributed by atoms with E-state index in [0.717, 1.165) is 17.0 Å². The molecule has 0 amide bonds. The van der Waals surface area contributed by atoms with E-state index in [0.29, 0.717) is 0 Å². The van der Waals surface area contributed by atoms with Crippen molar-refractivity contribution < 1.29 is 4.74 Å². The Morgan fingerprint density at radius 2 is 2.00 bits per heavy atom. The van der Waals surface area contributed by atoms with Crippen molar-refractivity contribution in [3.05, 3.63) is 35.9 Å². The summed E-state index contributed by atoms with van der Waals surface area (Å²) >= 11 is 2.41. The Balaban J connectivity index is 1.76. The van der Waals surface area contributed by atoms with Crippen LogP contribution in [-0.2, 0) is 4.74 Å². The lowest BCUT2D eigenvalue weighted by molar-refractivity contribution is 0.0531. The number of halogens is 1. The highest BCUT2D eigenvalue weighted by Crippen LogP contribution is 2.30. The zero-order valence-electron chi connectivity index (χ0n) is 9.57. The van der Waals surface area contributed by atoms with Crippen LogP contribution in [0, 0.1) is 5.92 Å². The Kier molecular flexibility index (Phi) is 5.10. The lowest BCUT2D eigenvalue weighted by Gasteiger charge is -2.26. The average molecular weight is 330 g/mol. The van der Waals surface area contributed by atoms with E-state index in [9.17, 15) is 0 Å². The Morgan fingerprint density at radius 3 is 2.56 bits per heavy atom. The smallest absolute Gasteiger partial charge is 0.0914 e. The van der Waals surface area contributed by atoms with E-state index < -0.39 is 0 Å². The monoisotopic (exact) mass is 330 g/mol. The molecule has 1 atom stereocenters. The number of ether oxygens (including phenoxy) is 1. The van der Waals surface area contributed by atoms with Crippen LogP contribution < -0.4 is 0 Å². The largest absolute Gasteiger partial charge is 0.373 e. The van der Waals surface area contributed by atoms with Crippen LogP contribution in [0.15, 0.2) is 30.3 Å². The van der Waals surface area contributed by atoms with Gasteiger partial charge in [-0.3, -0.25) is 0 Å². The highest BCUT2D eigenvalue weighted by Gasteiger charge is 2.18. The first-order chi connectivity index (χ1) is 7.90. The molecule has 0 radical (unpaired) electrons. The highest BCUT2D eigenvalue weighted by molar-refractivity contribution is 14.1. The van der Waals surface area contributed by atoms with Crippen molar-refractivity contribution >= 4 is 22.6 Å². The molecule has 2 rings (SSSR count). The van der Waals surface area contributed by atoms with Crippen LogP contribution in [0.4, 0.5) is 0 Å². The third-order valence-corrected chi connectivity index (χ3v) is 4.18. The lowest BCUT2D eigenvalue weighted by Crippen LogP contribution is -2.15. The maximum absolute atomic E-state index is 5.98. The number of rotatable bonds is 6. The van der Waals surface area contributed by atoms with Gasteiger partial charge < -0.3 is 4.74 Å². The van der Waals surface area contributed by atoms with Gasteiger partial charge in [-0.25, -0.2) is 0 Å². The minimum atomic E-state index is 0.280. The van der Waals surface area contributed by atoms with Gasteiger partial charge in [0.1, 0.15) is 0 Å². The Morgan fingerprint density at radius 1 is 1.25 bits per heavy atom. The topological polar surface area (TPSA) is 9.23 Å². The standard InChI is InChI=1S/C14H19IO/c15-11-14(13-7-2-1-3-8-13)16-10-9-12-5-4-6-12/h1-3,7-8,12,14H,4-6,9-11H2. The molecule has 0 N–H and O–H groups in total. The third-order valence-electron chi connectivity index (χ3n) is 3.38. The van der Waals surface area contributed by atoms with Gasteiger partial charge in [0, 0.05) is 11.0 Å². The fourth-order valence-electron chi connectivity index (χ4n) is 2.06. The molecule has 0 saturated heterocycles. The molecule has 1 saturated carbocycles. The maximum Gasteiger partial charge on any atom is 0.0914 e. The third kappa shape index (κ3) is 3.45. The zero-order valence-corrected chi connectivity index (χ0v) is 11.7. The summed E-state index contributed by atoms with van der Waals surface area (Å²) in [5, 5.41) is 0. The van der Waals surface area contributed by atoms with Crippen LogP contribution in [0.25, 0.3) is 0 Å². The molecule has 0 spiro atoms. The van der Waals surface area contributed by atoms with Gasteiger partial charge in [0.15, 0.2) is 0 Å². The van der Waals surface area contributed by atoms with Gasteiger partial charge in [0.2, 0.25) is 0 Å². The molecule has 88 valence electrons. The van der Waals surface area contributed by atoms with Crippen LogP contribution in [0.3, 0.4) is 0 Å². The predicted octanol–water partition coefficient (Wildman–Crippen LogP) is 4.37. The Bertz CT molecular complexity index is 295. The van der Waals surface area contributed by atoms with Crippen LogP contribution in [-0.4, -0.2) is 11.0 Å². The molecular weight excluding hydrogens is 311 g/mol. The molecule has 16 heavy (non-hydrogen) atoms. The molecule has 1 aromatic rings. The van der Waals surface area contributed by atoms with E-state index in [4.69, 9.17) is 4.74 Å². The average Bonchev–Trinajstić information content (AvgIpc) is 2.28. The number of hydrogen-bond donors (Lipinski definition) is 0. The van der Waals surface area contributed by atoms with Gasteiger partial charge in [-0.15, -0.1) is 0 Å². The molecule has 0 heterocycles. The summed E-state index contributed by atoms with van der Waals surface area (Å²) in [6.07, 6.45) is 5.80. The molecular formula is C14H19IO. The van der Waals surface area contributed by atoms with Crippen LogP contribution in [0.5, 0.6) is 0 Å². The van der Waals surface area contributed by atoms with Gasteiger partial charge in [-0.1, -0.05) is 72.2 Å². The fourth-order valence-corrected chi connectivity index (χ4v) is 2.82. The lowest BCUT2D eigenvalue weighted by atomic mass is 9.83. The predicted molar refractivity (Wildman–Crippen MR) is 76.0 cm³/mol. The summed E-state index contributed by atoms with van der Waals surface area (Å²) in [5.74, 6) is 0.950. The maximum atomic E-state index is 5.98. The molecule has 1 aromatic carbocycles. The van der Waals surface area contributed by atoms with Gasteiger partial charge in [-0.05, 0) is 17.9 Å². The SMILES string of the molecule is ICC(OCCC1CCC1)c1ccccc1. The summed E-state index contributed by atoms with van der Waals surface area (Å²) in [7, 11) is 0. The molecule has 1 aliphatic carbocycles. The molecule has 2 heteroatoms. The molecule has 1 unspecified atom stereocenters. The Labute approximate surface area is 112 Å². The van der Waals surface area contributed by atoms with Gasteiger partial charge in [0.25, 0.3) is 0 Å². The number of alkyl halides is 1. The quantitative estimate of drug-likeness (QED) is 0.556. The first kappa shape index (κ1) is 12.4. The number of benzene rings is 1. The minimum Gasteiger partial charge on any atom is -0.373 e. The first-order valence-electron chi connectivity index (χ1n) is 6.12. The minimum absolute atomic E-state index is 0.280. The van der Waals surface area contributed by atoms with Crippen molar-refractivity contribution in [3.8, 4) is 0 Å². The van der Waals surface area contributed by atoms with Crippen molar-refractivity contribution in [2.45, 2.75) is 31.8 Å². The van der Waals surface area contributed by atoms with E-state index in [1.165, 1.54) is 31.2 Å². The molecule has 0 aromatic heterocycles. The van der Waals surface area contributed by atoms with Crippen molar-refractivity contribution in [1.82, 2.24) is 0 Å². The van der Waals surface area contributed by atoms with Gasteiger partial charge in [-0.2, -0.15) is 0 Å². The van der Waals surface area contributed by atoms with Gasteiger partial charge >= 0.3 is 0 Å². The Hall–Kier alpha value is -0.0900. The second-order valence-corrected chi connectivity index (χ2v) is 5.39. The van der Waals surface area contributed by atoms with Crippen molar-refractivity contribution in [2.24, 2.45) is 5.92 Å². The molecule has 1 nitrogen and oxygen atoms in total. The normalized spacial score (nSPS) is 18.1. The second-order valence-electron chi connectivity index (χ2n) is 4.51. The zero-order chi connectivity index (χ0) is 11.2. The van der Waals surface area contributed by atoms with Gasteiger partial charge in [0.05, 0.1) is 6.10 Å². The molecule has 0 bridgehead atoms. The van der Waals surface area contributed by atoms with E-state index >= 15 is 0 Å². The second kappa shape index (κ2) is 6.60. The molecule has 1 aliphatic rings. The van der Waals surface area contributed by atoms with Crippen molar-refractivity contribution in [1.29, 1.82) is 0 Å². The van der Waals surface area contributed by atoms with E-state index in [1.54, 1.807) is 0 Å². The summed E-state index contributed by atoms with van der Waals surface area (Å²) in [6, 6.07) is 10.6.